The monoisotopic (exact) mass is 545 g/mol. The number of fused-ring (bicyclic) bond motifs is 2. The van der Waals surface area contributed by atoms with Gasteiger partial charge in [-0.3, -0.25) is 5.01 Å². The normalized spacial score (nSPS) is 17.0. The van der Waals surface area contributed by atoms with Crippen molar-refractivity contribution < 1.29 is 13.9 Å². The maximum absolute atomic E-state index is 15.3. The second-order valence-electron chi connectivity index (χ2n) is 10.2. The average molecular weight is 546 g/mol. The minimum atomic E-state index is -0.460. The van der Waals surface area contributed by atoms with Crippen LogP contribution in [-0.2, 0) is 0 Å². The van der Waals surface area contributed by atoms with E-state index in [4.69, 9.17) is 14.5 Å². The van der Waals surface area contributed by atoms with Gasteiger partial charge in [0, 0.05) is 43.6 Å². The second kappa shape index (κ2) is 12.3. The molecule has 1 aromatic carbocycles. The average Bonchev–Trinajstić information content (AvgIpc) is 3.10. The first-order valence-electron chi connectivity index (χ1n) is 13.9. The largest absolute Gasteiger partial charge is 0.489 e. The molecule has 0 radical (unpaired) electrons. The van der Waals surface area contributed by atoms with Gasteiger partial charge in [-0.15, -0.1) is 0 Å². The SMILES string of the molecule is C/C=N\N1C=CC(Oc2cc(F)c(Nc3ncnc4cc5c(nc34)N(CCCCC)CC(C)CO5)cc2C)=CC1. The summed E-state index contributed by atoms with van der Waals surface area (Å²) < 4.78 is 27.4. The molecule has 0 bridgehead atoms. The highest BCUT2D eigenvalue weighted by Crippen LogP contribution is 2.36. The van der Waals surface area contributed by atoms with Crippen molar-refractivity contribution in [3.8, 4) is 11.5 Å². The van der Waals surface area contributed by atoms with Gasteiger partial charge in [-0.05, 0) is 44.1 Å². The third kappa shape index (κ3) is 6.16. The molecule has 1 atom stereocenters. The molecule has 5 rings (SSSR count). The van der Waals surface area contributed by atoms with Gasteiger partial charge in [0.15, 0.2) is 17.4 Å². The maximum Gasteiger partial charge on any atom is 0.172 e. The Bertz CT molecular complexity index is 1460. The van der Waals surface area contributed by atoms with Crippen LogP contribution in [0.3, 0.4) is 0 Å². The summed E-state index contributed by atoms with van der Waals surface area (Å²) in [6, 6.07) is 5.01. The Hall–Kier alpha value is -4.21. The molecule has 2 aliphatic rings. The maximum atomic E-state index is 15.3. The van der Waals surface area contributed by atoms with Crippen molar-refractivity contribution in [3.63, 3.8) is 0 Å². The predicted molar refractivity (Wildman–Crippen MR) is 157 cm³/mol. The van der Waals surface area contributed by atoms with Crippen molar-refractivity contribution in [1.29, 1.82) is 0 Å². The molecule has 0 spiro atoms. The number of hydrogen-bond acceptors (Lipinski definition) is 9. The third-order valence-electron chi connectivity index (χ3n) is 6.84. The van der Waals surface area contributed by atoms with E-state index in [0.717, 1.165) is 49.5 Å². The Morgan fingerprint density at radius 3 is 2.90 bits per heavy atom. The van der Waals surface area contributed by atoms with E-state index in [1.807, 2.05) is 32.2 Å². The van der Waals surface area contributed by atoms with Crippen molar-refractivity contribution in [2.75, 3.05) is 36.5 Å². The number of nitrogens with zero attached hydrogens (tertiary/aromatic N) is 6. The summed E-state index contributed by atoms with van der Waals surface area (Å²) in [5.41, 5.74) is 2.25. The molecule has 4 heterocycles. The molecular formula is C30H36FN7O2. The number of pyridine rings is 1. The number of anilines is 3. The van der Waals surface area contributed by atoms with Gasteiger partial charge >= 0.3 is 0 Å². The number of hydrazone groups is 1. The van der Waals surface area contributed by atoms with Crippen LogP contribution in [0.4, 0.5) is 21.7 Å². The molecule has 210 valence electrons. The molecule has 0 amide bonds. The number of benzene rings is 1. The first-order valence-corrected chi connectivity index (χ1v) is 13.9. The summed E-state index contributed by atoms with van der Waals surface area (Å²) in [7, 11) is 0. The number of nitrogens with one attached hydrogen (secondary N) is 1. The summed E-state index contributed by atoms with van der Waals surface area (Å²) in [4.78, 5) is 16.1. The zero-order valence-electron chi connectivity index (χ0n) is 23.5. The molecule has 3 aromatic rings. The first kappa shape index (κ1) is 27.4. The zero-order valence-corrected chi connectivity index (χ0v) is 23.5. The van der Waals surface area contributed by atoms with E-state index in [1.165, 1.54) is 12.4 Å². The molecule has 0 saturated carbocycles. The van der Waals surface area contributed by atoms with Gasteiger partial charge in [-0.25, -0.2) is 19.3 Å². The van der Waals surface area contributed by atoms with Gasteiger partial charge in [0.25, 0.3) is 0 Å². The molecule has 0 saturated heterocycles. The van der Waals surface area contributed by atoms with Gasteiger partial charge in [-0.2, -0.15) is 5.10 Å². The fourth-order valence-electron chi connectivity index (χ4n) is 4.78. The van der Waals surface area contributed by atoms with E-state index < -0.39 is 5.82 Å². The van der Waals surface area contributed by atoms with E-state index in [-0.39, 0.29) is 5.69 Å². The number of unbranched alkanes of at least 4 members (excludes halogenated alkanes) is 2. The Labute approximate surface area is 234 Å². The molecule has 40 heavy (non-hydrogen) atoms. The first-order chi connectivity index (χ1) is 19.4. The van der Waals surface area contributed by atoms with Crippen molar-refractivity contribution in [2.45, 2.75) is 47.0 Å². The number of hydrogen-bond donors (Lipinski definition) is 1. The summed E-state index contributed by atoms with van der Waals surface area (Å²) in [5, 5.41) is 9.14. The second-order valence-corrected chi connectivity index (χ2v) is 10.2. The molecule has 2 aliphatic heterocycles. The lowest BCUT2D eigenvalue weighted by molar-refractivity contribution is 0.273. The van der Waals surface area contributed by atoms with Crippen LogP contribution in [0.25, 0.3) is 11.0 Å². The lowest BCUT2D eigenvalue weighted by Gasteiger charge is -2.24. The third-order valence-corrected chi connectivity index (χ3v) is 6.84. The zero-order chi connectivity index (χ0) is 28.1. The summed E-state index contributed by atoms with van der Waals surface area (Å²) in [6.45, 7) is 11.1. The van der Waals surface area contributed by atoms with Crippen molar-refractivity contribution in [3.05, 3.63) is 60.0 Å². The Balaban J connectivity index is 1.41. The molecule has 2 aromatic heterocycles. The lowest BCUT2D eigenvalue weighted by atomic mass is 10.1. The van der Waals surface area contributed by atoms with E-state index in [2.05, 4.69) is 39.1 Å². The van der Waals surface area contributed by atoms with E-state index >= 15 is 4.39 Å². The quantitative estimate of drug-likeness (QED) is 0.246. The molecule has 9 nitrogen and oxygen atoms in total. The number of rotatable bonds is 9. The van der Waals surface area contributed by atoms with E-state index in [0.29, 0.717) is 47.4 Å². The highest BCUT2D eigenvalue weighted by atomic mass is 19.1. The highest BCUT2D eigenvalue weighted by molar-refractivity contribution is 5.90. The predicted octanol–water partition coefficient (Wildman–Crippen LogP) is 6.34. The topological polar surface area (TPSA) is 88.0 Å². The molecule has 0 fully saturated rings. The van der Waals surface area contributed by atoms with Crippen LogP contribution in [0.5, 0.6) is 11.5 Å². The number of halogens is 1. The summed E-state index contributed by atoms with van der Waals surface area (Å²) in [6.07, 6.45) is 12.1. The van der Waals surface area contributed by atoms with Gasteiger partial charge in [-0.1, -0.05) is 26.7 Å². The van der Waals surface area contributed by atoms with Gasteiger partial charge in [0.05, 0.1) is 24.4 Å². The van der Waals surface area contributed by atoms with Gasteiger partial charge in [0.2, 0.25) is 0 Å². The van der Waals surface area contributed by atoms with E-state index in [9.17, 15) is 0 Å². The summed E-state index contributed by atoms with van der Waals surface area (Å²) >= 11 is 0. The number of allylic oxidation sites excluding steroid dienone is 1. The van der Waals surface area contributed by atoms with Crippen molar-refractivity contribution in [1.82, 2.24) is 20.0 Å². The smallest absolute Gasteiger partial charge is 0.172 e. The van der Waals surface area contributed by atoms with E-state index in [1.54, 1.807) is 23.4 Å². The molecule has 1 unspecified atom stereocenters. The Kier molecular flexibility index (Phi) is 8.42. The van der Waals surface area contributed by atoms with Crippen LogP contribution < -0.4 is 19.7 Å². The van der Waals surface area contributed by atoms with Crippen LogP contribution in [0.15, 0.2) is 53.7 Å². The van der Waals surface area contributed by atoms with Gasteiger partial charge < -0.3 is 19.7 Å². The number of aryl methyl sites for hydroxylation is 1. The van der Waals surface area contributed by atoms with Crippen LogP contribution in [0.1, 0.15) is 45.6 Å². The lowest BCUT2D eigenvalue weighted by Crippen LogP contribution is -2.30. The number of aromatic nitrogens is 3. The molecule has 10 heteroatoms. The minimum absolute atomic E-state index is 0.280. The van der Waals surface area contributed by atoms with Crippen LogP contribution in [-0.4, -0.2) is 52.4 Å². The molecule has 0 aliphatic carbocycles. The molecule has 1 N–H and O–H groups in total. The van der Waals surface area contributed by atoms with Crippen LogP contribution in [0.2, 0.25) is 0 Å². The fourth-order valence-corrected chi connectivity index (χ4v) is 4.78. The summed E-state index contributed by atoms with van der Waals surface area (Å²) in [5.74, 6) is 2.91. The van der Waals surface area contributed by atoms with Crippen molar-refractivity contribution in [2.24, 2.45) is 11.0 Å². The van der Waals surface area contributed by atoms with Crippen LogP contribution >= 0.6 is 0 Å². The standard InChI is InChI=1S/C30H36FN7O2/c1-5-7-8-11-37-17-20(3)18-39-27-16-25-28(36-30(27)37)29(33-19-32-25)35-24-14-21(4)26(15-23(24)31)40-22-9-12-38(13-10-22)34-6-2/h6,9-10,12,14-16,19-20H,5,7-8,11,13,17-18H2,1-4H3,(H,32,33,35)/b34-6-. The minimum Gasteiger partial charge on any atom is -0.489 e. The van der Waals surface area contributed by atoms with Gasteiger partial charge in [0.1, 0.15) is 29.2 Å². The Morgan fingerprint density at radius 2 is 2.12 bits per heavy atom. The fraction of sp³-hybridized carbons (Fsp3) is 0.400. The van der Waals surface area contributed by atoms with Crippen LogP contribution in [0, 0.1) is 18.7 Å². The Morgan fingerprint density at radius 1 is 1.25 bits per heavy atom. The molecular weight excluding hydrogens is 509 g/mol. The number of ether oxygens (including phenoxy) is 2. The van der Waals surface area contributed by atoms with Crippen molar-refractivity contribution >= 4 is 34.6 Å². The highest BCUT2D eigenvalue weighted by Gasteiger charge is 2.24.